The standard InChI is InChI=1S/C21H28N4O4/c26-20(23-13-15-5-3-11-28-15)14-25-17-7-2-1-6-16(17)24-19(25)9-10-22-21(27)18-8-4-12-29-18/h1-2,6-7,15,18H,3-5,8-14H2,(H,22,27)(H,23,26). The number of nitrogens with one attached hydrogen (secondary N) is 2. The van der Waals surface area contributed by atoms with Crippen molar-refractivity contribution < 1.29 is 19.1 Å². The molecule has 2 fully saturated rings. The number of carbonyl (C=O) groups is 2. The van der Waals surface area contributed by atoms with Crippen LogP contribution in [0.1, 0.15) is 31.5 Å². The van der Waals surface area contributed by atoms with E-state index in [9.17, 15) is 9.59 Å². The Hall–Kier alpha value is -2.45. The smallest absolute Gasteiger partial charge is 0.249 e. The van der Waals surface area contributed by atoms with Crippen LogP contribution < -0.4 is 10.6 Å². The Morgan fingerprint density at radius 1 is 1.10 bits per heavy atom. The maximum Gasteiger partial charge on any atom is 0.249 e. The Morgan fingerprint density at radius 3 is 2.72 bits per heavy atom. The number of ether oxygens (including phenoxy) is 2. The van der Waals surface area contributed by atoms with Crippen LogP contribution in [0.4, 0.5) is 0 Å². The van der Waals surface area contributed by atoms with Crippen LogP contribution in [-0.4, -0.2) is 59.9 Å². The van der Waals surface area contributed by atoms with E-state index >= 15 is 0 Å². The molecule has 2 atom stereocenters. The van der Waals surface area contributed by atoms with Gasteiger partial charge in [0, 0.05) is 32.7 Å². The summed E-state index contributed by atoms with van der Waals surface area (Å²) < 4.78 is 12.9. The molecule has 2 unspecified atom stereocenters. The van der Waals surface area contributed by atoms with Crippen molar-refractivity contribution in [3.8, 4) is 0 Å². The van der Waals surface area contributed by atoms with Gasteiger partial charge in [0.05, 0.1) is 17.1 Å². The van der Waals surface area contributed by atoms with Gasteiger partial charge in [0.15, 0.2) is 0 Å². The van der Waals surface area contributed by atoms with Gasteiger partial charge in [-0.25, -0.2) is 4.98 Å². The first kappa shape index (κ1) is 19.8. The van der Waals surface area contributed by atoms with Gasteiger partial charge in [0.25, 0.3) is 0 Å². The molecule has 2 aliphatic heterocycles. The highest BCUT2D eigenvalue weighted by molar-refractivity contribution is 5.82. The lowest BCUT2D eigenvalue weighted by Crippen LogP contribution is -2.36. The predicted octanol–water partition coefficient (Wildman–Crippen LogP) is 1.17. The minimum atomic E-state index is -0.336. The van der Waals surface area contributed by atoms with Crippen LogP contribution >= 0.6 is 0 Å². The average molecular weight is 400 g/mol. The molecular formula is C21H28N4O4. The first-order chi connectivity index (χ1) is 14.2. The lowest BCUT2D eigenvalue weighted by atomic mass is 10.2. The zero-order valence-corrected chi connectivity index (χ0v) is 16.6. The van der Waals surface area contributed by atoms with Gasteiger partial charge in [0.2, 0.25) is 11.8 Å². The van der Waals surface area contributed by atoms with E-state index in [4.69, 9.17) is 9.47 Å². The van der Waals surface area contributed by atoms with Gasteiger partial charge in [-0.2, -0.15) is 0 Å². The van der Waals surface area contributed by atoms with Crippen LogP contribution in [0.3, 0.4) is 0 Å². The molecule has 29 heavy (non-hydrogen) atoms. The Labute approximate surface area is 169 Å². The monoisotopic (exact) mass is 400 g/mol. The Morgan fingerprint density at radius 2 is 1.93 bits per heavy atom. The van der Waals surface area contributed by atoms with Gasteiger partial charge in [-0.3, -0.25) is 9.59 Å². The molecule has 0 spiro atoms. The van der Waals surface area contributed by atoms with Crippen molar-refractivity contribution in [1.82, 2.24) is 20.2 Å². The number of hydrogen-bond acceptors (Lipinski definition) is 5. The minimum absolute atomic E-state index is 0.0618. The maximum atomic E-state index is 12.5. The van der Waals surface area contributed by atoms with Crippen molar-refractivity contribution in [3.05, 3.63) is 30.1 Å². The van der Waals surface area contributed by atoms with E-state index in [0.717, 1.165) is 49.1 Å². The summed E-state index contributed by atoms with van der Waals surface area (Å²) in [7, 11) is 0. The molecular weight excluding hydrogens is 372 g/mol. The lowest BCUT2D eigenvalue weighted by Gasteiger charge is -2.13. The summed E-state index contributed by atoms with van der Waals surface area (Å²) in [5.74, 6) is 0.652. The summed E-state index contributed by atoms with van der Waals surface area (Å²) >= 11 is 0. The summed E-state index contributed by atoms with van der Waals surface area (Å²) in [5.41, 5.74) is 1.76. The van der Waals surface area contributed by atoms with Crippen molar-refractivity contribution in [2.45, 2.75) is 50.9 Å². The predicted molar refractivity (Wildman–Crippen MR) is 107 cm³/mol. The van der Waals surface area contributed by atoms with E-state index in [2.05, 4.69) is 15.6 Å². The molecule has 2 saturated heterocycles. The number of para-hydroxylation sites is 2. The van der Waals surface area contributed by atoms with Gasteiger partial charge in [-0.15, -0.1) is 0 Å². The summed E-state index contributed by atoms with van der Waals surface area (Å²) in [5, 5.41) is 5.89. The van der Waals surface area contributed by atoms with E-state index in [1.807, 2.05) is 28.8 Å². The fourth-order valence-electron chi connectivity index (χ4n) is 3.92. The zero-order valence-electron chi connectivity index (χ0n) is 16.6. The van der Waals surface area contributed by atoms with Crippen molar-refractivity contribution in [3.63, 3.8) is 0 Å². The van der Waals surface area contributed by atoms with Crippen molar-refractivity contribution in [2.75, 3.05) is 26.3 Å². The van der Waals surface area contributed by atoms with Gasteiger partial charge in [-0.1, -0.05) is 12.1 Å². The normalized spacial score (nSPS) is 21.5. The maximum absolute atomic E-state index is 12.5. The first-order valence-electron chi connectivity index (χ1n) is 10.4. The molecule has 0 aliphatic carbocycles. The SMILES string of the molecule is O=C(Cn1c(CCNC(=O)C2CCCO2)nc2ccccc21)NCC1CCCO1. The van der Waals surface area contributed by atoms with Crippen molar-refractivity contribution in [2.24, 2.45) is 0 Å². The third-order valence-corrected chi connectivity index (χ3v) is 5.46. The van der Waals surface area contributed by atoms with E-state index < -0.39 is 0 Å². The second-order valence-electron chi connectivity index (χ2n) is 7.58. The molecule has 3 heterocycles. The molecule has 0 radical (unpaired) electrons. The second kappa shape index (κ2) is 9.37. The number of aromatic nitrogens is 2. The van der Waals surface area contributed by atoms with Gasteiger partial charge >= 0.3 is 0 Å². The highest BCUT2D eigenvalue weighted by Gasteiger charge is 2.23. The number of rotatable bonds is 8. The van der Waals surface area contributed by atoms with Crippen LogP contribution in [0.25, 0.3) is 11.0 Å². The highest BCUT2D eigenvalue weighted by atomic mass is 16.5. The van der Waals surface area contributed by atoms with Crippen LogP contribution in [0, 0.1) is 0 Å². The zero-order chi connectivity index (χ0) is 20.1. The second-order valence-corrected chi connectivity index (χ2v) is 7.58. The Kier molecular flexibility index (Phi) is 6.41. The molecule has 8 heteroatoms. The summed E-state index contributed by atoms with van der Waals surface area (Å²) in [4.78, 5) is 29.3. The largest absolute Gasteiger partial charge is 0.376 e. The summed E-state index contributed by atoms with van der Waals surface area (Å²) in [6, 6.07) is 7.77. The molecule has 2 amide bonds. The number of imidazole rings is 1. The van der Waals surface area contributed by atoms with Crippen molar-refractivity contribution in [1.29, 1.82) is 0 Å². The van der Waals surface area contributed by atoms with E-state index in [1.165, 1.54) is 0 Å². The first-order valence-corrected chi connectivity index (χ1v) is 10.4. The molecule has 2 aliphatic rings. The summed E-state index contributed by atoms with van der Waals surface area (Å²) in [6.45, 7) is 2.61. The van der Waals surface area contributed by atoms with E-state index in [0.29, 0.717) is 26.1 Å². The van der Waals surface area contributed by atoms with Crippen LogP contribution in [0.15, 0.2) is 24.3 Å². The number of amides is 2. The number of carbonyl (C=O) groups excluding carboxylic acids is 2. The number of benzene rings is 1. The molecule has 2 aromatic rings. The Bertz CT molecular complexity index is 853. The lowest BCUT2D eigenvalue weighted by molar-refractivity contribution is -0.130. The van der Waals surface area contributed by atoms with Crippen molar-refractivity contribution >= 4 is 22.8 Å². The quantitative estimate of drug-likeness (QED) is 0.694. The third kappa shape index (κ3) is 4.94. The molecule has 8 nitrogen and oxygen atoms in total. The fourth-order valence-corrected chi connectivity index (χ4v) is 3.92. The number of fused-ring (bicyclic) bond motifs is 1. The van der Waals surface area contributed by atoms with Gasteiger partial charge < -0.3 is 24.7 Å². The van der Waals surface area contributed by atoms with Gasteiger partial charge in [-0.05, 0) is 37.8 Å². The number of nitrogens with zero attached hydrogens (tertiary/aromatic N) is 2. The molecule has 156 valence electrons. The molecule has 1 aromatic heterocycles. The van der Waals surface area contributed by atoms with Crippen LogP contribution in [0.2, 0.25) is 0 Å². The highest BCUT2D eigenvalue weighted by Crippen LogP contribution is 2.17. The molecule has 2 N–H and O–H groups in total. The molecule has 0 saturated carbocycles. The third-order valence-electron chi connectivity index (χ3n) is 5.46. The Balaban J connectivity index is 1.38. The van der Waals surface area contributed by atoms with Crippen LogP contribution in [-0.2, 0) is 32.0 Å². The molecule has 0 bridgehead atoms. The molecule has 4 rings (SSSR count). The fraction of sp³-hybridized carbons (Fsp3) is 0.571. The van der Waals surface area contributed by atoms with E-state index in [-0.39, 0.29) is 30.6 Å². The summed E-state index contributed by atoms with van der Waals surface area (Å²) in [6.07, 6.45) is 4.07. The van der Waals surface area contributed by atoms with Crippen LogP contribution in [0.5, 0.6) is 0 Å². The number of hydrogen-bond donors (Lipinski definition) is 2. The van der Waals surface area contributed by atoms with Gasteiger partial charge in [0.1, 0.15) is 18.5 Å². The topological polar surface area (TPSA) is 94.5 Å². The van der Waals surface area contributed by atoms with E-state index in [1.54, 1.807) is 0 Å². The minimum Gasteiger partial charge on any atom is -0.376 e. The average Bonchev–Trinajstić information content (AvgIpc) is 3.48. The molecule has 1 aromatic carbocycles.